The van der Waals surface area contributed by atoms with E-state index in [4.69, 9.17) is 0 Å². The minimum Gasteiger partial charge on any atom is -0.339 e. The van der Waals surface area contributed by atoms with Crippen LogP contribution >= 0.6 is 0 Å². The molecule has 1 fully saturated rings. The molecule has 6 nitrogen and oxygen atoms in total. The first-order valence-corrected chi connectivity index (χ1v) is 8.78. The lowest BCUT2D eigenvalue weighted by Crippen LogP contribution is -2.45. The summed E-state index contributed by atoms with van der Waals surface area (Å²) in [7, 11) is 0. The zero-order valence-electron chi connectivity index (χ0n) is 14.4. The lowest BCUT2D eigenvalue weighted by Gasteiger charge is -2.34. The molecule has 0 aliphatic carbocycles. The van der Waals surface area contributed by atoms with E-state index in [0.29, 0.717) is 13.1 Å². The second kappa shape index (κ2) is 6.35. The number of carbonyl (C=O) groups is 2. The minimum absolute atomic E-state index is 0.0311. The van der Waals surface area contributed by atoms with Crippen LogP contribution in [0, 0.1) is 6.92 Å². The van der Waals surface area contributed by atoms with E-state index in [-0.39, 0.29) is 24.4 Å². The molecule has 2 amide bonds. The second-order valence-corrected chi connectivity index (χ2v) is 6.84. The number of fused-ring (bicyclic) bond motifs is 1. The first kappa shape index (κ1) is 15.9. The fourth-order valence-electron chi connectivity index (χ4n) is 3.89. The zero-order valence-corrected chi connectivity index (χ0v) is 14.4. The molecule has 0 radical (unpaired) electrons. The molecule has 0 saturated carbocycles. The van der Waals surface area contributed by atoms with Crippen LogP contribution in [0.15, 0.2) is 36.7 Å². The zero-order chi connectivity index (χ0) is 17.4. The van der Waals surface area contributed by atoms with Crippen LogP contribution in [-0.4, -0.2) is 50.8 Å². The molecule has 1 saturated heterocycles. The van der Waals surface area contributed by atoms with Gasteiger partial charge < -0.3 is 14.4 Å². The van der Waals surface area contributed by atoms with Gasteiger partial charge in [-0.25, -0.2) is 4.98 Å². The number of benzene rings is 1. The third kappa shape index (κ3) is 2.92. The van der Waals surface area contributed by atoms with Gasteiger partial charge in [0.1, 0.15) is 12.4 Å². The standard InChI is InChI=1S/C19H22N4O2/c1-14-20-8-10-23(14)16-6-4-9-21(12-16)18(24)13-22-11-15-5-2-3-7-17(15)19(22)25/h2-3,5,7-8,10,16H,4,6,9,11-13H2,1H3/t16-/m1/s1. The number of hydrogen-bond acceptors (Lipinski definition) is 3. The van der Waals surface area contributed by atoms with E-state index in [0.717, 1.165) is 36.3 Å². The number of carbonyl (C=O) groups excluding carboxylic acids is 2. The minimum atomic E-state index is -0.0389. The molecule has 2 aliphatic rings. The Balaban J connectivity index is 1.42. The van der Waals surface area contributed by atoms with Crippen LogP contribution in [-0.2, 0) is 11.3 Å². The SMILES string of the molecule is Cc1nccn1[C@@H]1CCCN(C(=O)CN2Cc3ccccc3C2=O)C1. The monoisotopic (exact) mass is 338 g/mol. The molecule has 1 aromatic carbocycles. The van der Waals surface area contributed by atoms with Crippen molar-refractivity contribution in [3.63, 3.8) is 0 Å². The quantitative estimate of drug-likeness (QED) is 0.860. The Morgan fingerprint density at radius 1 is 1.32 bits per heavy atom. The molecule has 2 aromatic rings. The fraction of sp³-hybridized carbons (Fsp3) is 0.421. The van der Waals surface area contributed by atoms with E-state index in [1.165, 1.54) is 0 Å². The molecule has 6 heteroatoms. The van der Waals surface area contributed by atoms with E-state index in [9.17, 15) is 9.59 Å². The van der Waals surface area contributed by atoms with Crippen molar-refractivity contribution in [2.45, 2.75) is 32.4 Å². The Kier molecular flexibility index (Phi) is 4.03. The first-order chi connectivity index (χ1) is 12.1. The normalized spacial score (nSPS) is 20.0. The van der Waals surface area contributed by atoms with Gasteiger partial charge in [0, 0.05) is 37.6 Å². The van der Waals surface area contributed by atoms with Crippen LogP contribution in [0.25, 0.3) is 0 Å². The average molecular weight is 338 g/mol. The number of nitrogens with zero attached hydrogens (tertiary/aromatic N) is 4. The van der Waals surface area contributed by atoms with Gasteiger partial charge in [0.2, 0.25) is 5.91 Å². The largest absolute Gasteiger partial charge is 0.339 e. The Labute approximate surface area is 147 Å². The van der Waals surface area contributed by atoms with Crippen molar-refractivity contribution in [3.8, 4) is 0 Å². The number of rotatable bonds is 3. The molecule has 1 atom stereocenters. The van der Waals surface area contributed by atoms with Crippen LogP contribution in [0.5, 0.6) is 0 Å². The summed E-state index contributed by atoms with van der Waals surface area (Å²) in [6.07, 6.45) is 5.81. The highest BCUT2D eigenvalue weighted by molar-refractivity contribution is 6.00. The van der Waals surface area contributed by atoms with Crippen molar-refractivity contribution >= 4 is 11.8 Å². The lowest BCUT2D eigenvalue weighted by atomic mass is 10.1. The van der Waals surface area contributed by atoms with E-state index >= 15 is 0 Å². The van der Waals surface area contributed by atoms with Gasteiger partial charge in [-0.15, -0.1) is 0 Å². The molecule has 0 unspecified atom stereocenters. The first-order valence-electron chi connectivity index (χ1n) is 8.78. The maximum Gasteiger partial charge on any atom is 0.254 e. The molecule has 4 rings (SSSR count). The third-order valence-electron chi connectivity index (χ3n) is 5.23. The fourth-order valence-corrected chi connectivity index (χ4v) is 3.89. The van der Waals surface area contributed by atoms with Crippen LogP contribution in [0.3, 0.4) is 0 Å². The Bertz CT molecular complexity index is 813. The van der Waals surface area contributed by atoms with Gasteiger partial charge in [0.05, 0.1) is 6.04 Å². The van der Waals surface area contributed by atoms with E-state index < -0.39 is 0 Å². The maximum absolute atomic E-state index is 12.8. The summed E-state index contributed by atoms with van der Waals surface area (Å²) in [5.74, 6) is 0.969. The molecular weight excluding hydrogens is 316 g/mol. The van der Waals surface area contributed by atoms with Crippen molar-refractivity contribution in [2.24, 2.45) is 0 Å². The van der Waals surface area contributed by atoms with Gasteiger partial charge in [-0.3, -0.25) is 9.59 Å². The van der Waals surface area contributed by atoms with Gasteiger partial charge >= 0.3 is 0 Å². The molecule has 25 heavy (non-hydrogen) atoms. The van der Waals surface area contributed by atoms with E-state index in [1.807, 2.05) is 42.3 Å². The Morgan fingerprint density at radius 2 is 2.16 bits per heavy atom. The number of aryl methyl sites for hydroxylation is 1. The van der Waals surface area contributed by atoms with Crippen molar-refractivity contribution in [2.75, 3.05) is 19.6 Å². The molecule has 2 aliphatic heterocycles. The smallest absolute Gasteiger partial charge is 0.254 e. The molecule has 0 N–H and O–H groups in total. The molecule has 0 spiro atoms. The summed E-state index contributed by atoms with van der Waals surface area (Å²) in [5.41, 5.74) is 1.73. The highest BCUT2D eigenvalue weighted by Gasteiger charge is 2.31. The number of likely N-dealkylation sites (tertiary alicyclic amines) is 1. The van der Waals surface area contributed by atoms with Gasteiger partial charge in [-0.2, -0.15) is 0 Å². The molecule has 130 valence electrons. The summed E-state index contributed by atoms with van der Waals surface area (Å²) in [6.45, 7) is 4.12. The topological polar surface area (TPSA) is 58.4 Å². The second-order valence-electron chi connectivity index (χ2n) is 6.84. The summed E-state index contributed by atoms with van der Waals surface area (Å²) in [6, 6.07) is 7.86. The Morgan fingerprint density at radius 3 is 2.92 bits per heavy atom. The number of hydrogen-bond donors (Lipinski definition) is 0. The highest BCUT2D eigenvalue weighted by atomic mass is 16.2. The number of imidazole rings is 1. The van der Waals surface area contributed by atoms with Gasteiger partial charge in [0.25, 0.3) is 5.91 Å². The van der Waals surface area contributed by atoms with Gasteiger partial charge in [-0.05, 0) is 31.4 Å². The van der Waals surface area contributed by atoms with Crippen LogP contribution in [0.2, 0.25) is 0 Å². The lowest BCUT2D eigenvalue weighted by molar-refractivity contribution is -0.133. The van der Waals surface area contributed by atoms with Crippen molar-refractivity contribution in [1.82, 2.24) is 19.4 Å². The molecular formula is C19H22N4O2. The van der Waals surface area contributed by atoms with Crippen LogP contribution < -0.4 is 0 Å². The van der Waals surface area contributed by atoms with Crippen LogP contribution in [0.4, 0.5) is 0 Å². The average Bonchev–Trinajstić information content (AvgIpc) is 3.19. The summed E-state index contributed by atoms with van der Waals surface area (Å²) >= 11 is 0. The number of piperidine rings is 1. The van der Waals surface area contributed by atoms with Crippen molar-refractivity contribution in [1.29, 1.82) is 0 Å². The molecule has 1 aromatic heterocycles. The van der Waals surface area contributed by atoms with Crippen molar-refractivity contribution < 1.29 is 9.59 Å². The summed E-state index contributed by atoms with van der Waals surface area (Å²) < 4.78 is 2.15. The van der Waals surface area contributed by atoms with Crippen LogP contribution in [0.1, 0.15) is 40.6 Å². The summed E-state index contributed by atoms with van der Waals surface area (Å²) in [5, 5.41) is 0. The predicted molar refractivity (Wildman–Crippen MR) is 93.0 cm³/mol. The van der Waals surface area contributed by atoms with Gasteiger partial charge in [0.15, 0.2) is 0 Å². The van der Waals surface area contributed by atoms with E-state index in [1.54, 1.807) is 11.1 Å². The Hall–Kier alpha value is -2.63. The molecule has 0 bridgehead atoms. The van der Waals surface area contributed by atoms with E-state index in [2.05, 4.69) is 9.55 Å². The highest BCUT2D eigenvalue weighted by Crippen LogP contribution is 2.25. The predicted octanol–water partition coefficient (Wildman–Crippen LogP) is 2.01. The number of aromatic nitrogens is 2. The van der Waals surface area contributed by atoms with Crippen molar-refractivity contribution in [3.05, 3.63) is 53.6 Å². The maximum atomic E-state index is 12.8. The third-order valence-corrected chi connectivity index (χ3v) is 5.23. The number of amides is 2. The summed E-state index contributed by atoms with van der Waals surface area (Å²) in [4.78, 5) is 33.0. The van der Waals surface area contributed by atoms with Gasteiger partial charge in [-0.1, -0.05) is 18.2 Å². The molecule has 3 heterocycles.